The van der Waals surface area contributed by atoms with E-state index in [1.165, 1.54) is 154 Å². The van der Waals surface area contributed by atoms with Crippen LogP contribution >= 0.6 is 15.6 Å². The van der Waals surface area contributed by atoms with Crippen LogP contribution < -0.4 is 0 Å². The smallest absolute Gasteiger partial charge is 0.462 e. The second-order valence-electron chi connectivity index (χ2n) is 26.2. The van der Waals surface area contributed by atoms with Crippen LogP contribution in [0.5, 0.6) is 0 Å². The van der Waals surface area contributed by atoms with Gasteiger partial charge in [-0.05, 0) is 57.3 Å². The molecule has 0 spiro atoms. The number of carbonyl (C=O) groups is 4. The molecule has 0 aliphatic heterocycles. The predicted octanol–water partition coefficient (Wildman–Crippen LogP) is 21.2. The quantitative estimate of drug-likeness (QED) is 0.0169. The minimum Gasteiger partial charge on any atom is -0.462 e. The Labute approximate surface area is 567 Å². The number of hydrogen-bond donors (Lipinski definition) is 3. The van der Waals surface area contributed by atoms with Crippen molar-refractivity contribution in [3.8, 4) is 0 Å². The molecule has 17 nitrogen and oxygen atoms in total. The van der Waals surface area contributed by atoms with E-state index in [4.69, 9.17) is 37.0 Å². The largest absolute Gasteiger partial charge is 0.472 e. The van der Waals surface area contributed by atoms with Crippen LogP contribution in [0.2, 0.25) is 0 Å². The first-order chi connectivity index (χ1) is 45.1. The Morgan fingerprint density at radius 2 is 0.602 bits per heavy atom. The molecule has 93 heavy (non-hydrogen) atoms. The minimum absolute atomic E-state index is 0.102. The summed E-state index contributed by atoms with van der Waals surface area (Å²) < 4.78 is 68.2. The van der Waals surface area contributed by atoms with E-state index < -0.39 is 97.5 Å². The van der Waals surface area contributed by atoms with Crippen molar-refractivity contribution in [2.24, 2.45) is 5.92 Å². The average molecular weight is 1360 g/mol. The van der Waals surface area contributed by atoms with Gasteiger partial charge in [-0.3, -0.25) is 37.3 Å². The van der Waals surface area contributed by atoms with Gasteiger partial charge >= 0.3 is 39.5 Å². The van der Waals surface area contributed by atoms with E-state index in [9.17, 15) is 43.2 Å². The van der Waals surface area contributed by atoms with Gasteiger partial charge in [0.05, 0.1) is 26.4 Å². The van der Waals surface area contributed by atoms with Crippen molar-refractivity contribution in [1.82, 2.24) is 0 Å². The number of aliphatic hydroxyl groups excluding tert-OH is 1. The number of allylic oxidation sites excluding steroid dienone is 4. The molecule has 3 N–H and O–H groups in total. The van der Waals surface area contributed by atoms with Gasteiger partial charge in [0.25, 0.3) is 0 Å². The van der Waals surface area contributed by atoms with Crippen molar-refractivity contribution in [1.29, 1.82) is 0 Å². The van der Waals surface area contributed by atoms with E-state index in [0.717, 1.165) is 128 Å². The average Bonchev–Trinajstić information content (AvgIpc) is 3.25. The first-order valence-electron chi connectivity index (χ1n) is 38.0. The molecule has 0 aromatic heterocycles. The number of ether oxygens (including phenoxy) is 4. The summed E-state index contributed by atoms with van der Waals surface area (Å²) in [6.45, 7) is 7.21. The van der Waals surface area contributed by atoms with Gasteiger partial charge in [-0.1, -0.05) is 309 Å². The van der Waals surface area contributed by atoms with Crippen molar-refractivity contribution in [2.75, 3.05) is 39.6 Å². The van der Waals surface area contributed by atoms with E-state index in [1.807, 2.05) is 0 Å². The molecule has 3 unspecified atom stereocenters. The maximum atomic E-state index is 13.1. The molecule has 0 bridgehead atoms. The highest BCUT2D eigenvalue weighted by atomic mass is 31.2. The van der Waals surface area contributed by atoms with Crippen LogP contribution in [0.1, 0.15) is 362 Å². The molecular formula is C74H140O17P2. The lowest BCUT2D eigenvalue weighted by molar-refractivity contribution is -0.161. The summed E-state index contributed by atoms with van der Waals surface area (Å²) in [7, 11) is -9.91. The van der Waals surface area contributed by atoms with Gasteiger partial charge in [0.1, 0.15) is 19.3 Å². The Kier molecular flexibility index (Phi) is 65.0. The maximum absolute atomic E-state index is 13.1. The normalized spacial score (nSPS) is 14.5. The molecular weight excluding hydrogens is 1220 g/mol. The fourth-order valence-corrected chi connectivity index (χ4v) is 12.4. The van der Waals surface area contributed by atoms with E-state index >= 15 is 0 Å². The summed E-state index contributed by atoms with van der Waals surface area (Å²) in [5, 5.41) is 10.6. The van der Waals surface area contributed by atoms with Crippen molar-refractivity contribution in [2.45, 2.75) is 380 Å². The zero-order chi connectivity index (χ0) is 68.4. The van der Waals surface area contributed by atoms with Crippen LogP contribution in [0.3, 0.4) is 0 Å². The zero-order valence-electron chi connectivity index (χ0n) is 59.9. The van der Waals surface area contributed by atoms with E-state index in [1.54, 1.807) is 0 Å². The first-order valence-corrected chi connectivity index (χ1v) is 41.0. The molecule has 0 aliphatic carbocycles. The second kappa shape index (κ2) is 66.8. The predicted molar refractivity (Wildman–Crippen MR) is 377 cm³/mol. The van der Waals surface area contributed by atoms with Crippen molar-refractivity contribution in [3.63, 3.8) is 0 Å². The lowest BCUT2D eigenvalue weighted by Gasteiger charge is -2.21. The molecule has 0 fully saturated rings. The molecule has 6 atom stereocenters. The molecule has 0 saturated carbocycles. The SMILES string of the molecule is CCCCCC/C=C\C=C/CCCCCCCC(=O)OC[C@H](COP(=O)(O)OC[C@@H](O)COP(=O)(O)OC[C@@H](COC(=O)CCCCCCCCCC)OC(=O)CCCCCCCCCC)OC(=O)CCCCCCCCCCCCCCCCCCCCC(C)CC. The molecule has 0 aliphatic rings. The summed E-state index contributed by atoms with van der Waals surface area (Å²) in [5.74, 6) is -1.29. The Morgan fingerprint density at radius 3 is 0.914 bits per heavy atom. The van der Waals surface area contributed by atoms with Crippen LogP contribution in [-0.2, 0) is 65.4 Å². The van der Waals surface area contributed by atoms with Gasteiger partial charge < -0.3 is 33.8 Å². The molecule has 0 heterocycles. The van der Waals surface area contributed by atoms with Crippen molar-refractivity contribution < 1.29 is 80.2 Å². The van der Waals surface area contributed by atoms with E-state index in [2.05, 4.69) is 58.9 Å². The standard InChI is InChI=1S/C74H140O17P2/c1-6-10-13-16-19-22-23-24-29-33-36-39-44-48-53-58-72(77)85-64-70(91-74(79)60-55-50-45-40-37-34-31-28-26-25-27-30-32-35-38-41-46-51-56-67(5)9-4)66-89-93(82,83)87-62-68(75)61-86-92(80,81)88-65-69(90-73(78)59-54-49-43-21-18-15-12-8-3)63-84-71(76)57-52-47-42-20-17-14-11-7-2/h22-24,29,67-70,75H,6-21,25-28,30-66H2,1-5H3,(H,80,81)(H,82,83)/b23-22-,29-24-/t67?,68-,69+,70+/m0/s1. The number of unbranched alkanes of at least 4 members (excludes halogenated alkanes) is 40. The Hall–Kier alpha value is -2.46. The molecule has 19 heteroatoms. The summed E-state index contributed by atoms with van der Waals surface area (Å²) in [6, 6.07) is 0. The minimum atomic E-state index is -4.96. The lowest BCUT2D eigenvalue weighted by Crippen LogP contribution is -2.30. The number of hydrogen-bond acceptors (Lipinski definition) is 15. The summed E-state index contributed by atoms with van der Waals surface area (Å²) in [4.78, 5) is 72.4. The highest BCUT2D eigenvalue weighted by Gasteiger charge is 2.30. The van der Waals surface area contributed by atoms with Crippen LogP contribution in [0.25, 0.3) is 0 Å². The van der Waals surface area contributed by atoms with Gasteiger partial charge in [-0.15, -0.1) is 0 Å². The van der Waals surface area contributed by atoms with Crippen molar-refractivity contribution >= 4 is 39.5 Å². The Morgan fingerprint density at radius 1 is 0.344 bits per heavy atom. The van der Waals surface area contributed by atoms with Gasteiger partial charge in [0.15, 0.2) is 12.2 Å². The van der Waals surface area contributed by atoms with Gasteiger partial charge in [-0.2, -0.15) is 0 Å². The number of phosphoric ester groups is 2. The molecule has 0 rings (SSSR count). The lowest BCUT2D eigenvalue weighted by atomic mass is 9.99. The third-order valence-corrected chi connectivity index (χ3v) is 18.9. The zero-order valence-corrected chi connectivity index (χ0v) is 61.7. The van der Waals surface area contributed by atoms with E-state index in [0.29, 0.717) is 25.7 Å². The molecule has 0 amide bonds. The molecule has 0 aromatic carbocycles. The number of aliphatic hydroxyl groups is 1. The number of phosphoric acid groups is 2. The van der Waals surface area contributed by atoms with E-state index in [-0.39, 0.29) is 25.7 Å². The van der Waals surface area contributed by atoms with Crippen LogP contribution in [0.4, 0.5) is 0 Å². The fourth-order valence-electron chi connectivity index (χ4n) is 10.8. The summed E-state index contributed by atoms with van der Waals surface area (Å²) in [6.07, 6.45) is 57.9. The molecule has 548 valence electrons. The molecule has 0 radical (unpaired) electrons. The van der Waals surface area contributed by atoms with Gasteiger partial charge in [0, 0.05) is 25.7 Å². The number of rotatable bonds is 72. The van der Waals surface area contributed by atoms with Crippen LogP contribution in [0, 0.1) is 5.92 Å². The Balaban J connectivity index is 5.17. The second-order valence-corrected chi connectivity index (χ2v) is 29.1. The monoisotopic (exact) mass is 1360 g/mol. The highest BCUT2D eigenvalue weighted by Crippen LogP contribution is 2.45. The summed E-state index contributed by atoms with van der Waals surface area (Å²) >= 11 is 0. The first kappa shape index (κ1) is 90.5. The Bertz CT molecular complexity index is 1880. The number of esters is 4. The topological polar surface area (TPSA) is 237 Å². The fraction of sp³-hybridized carbons (Fsp3) is 0.892. The maximum Gasteiger partial charge on any atom is 0.472 e. The summed E-state index contributed by atoms with van der Waals surface area (Å²) in [5.41, 5.74) is 0. The molecule has 0 saturated heterocycles. The van der Waals surface area contributed by atoms with Crippen LogP contribution in [0.15, 0.2) is 24.3 Å². The third-order valence-electron chi connectivity index (χ3n) is 17.0. The van der Waals surface area contributed by atoms with Crippen LogP contribution in [-0.4, -0.2) is 96.7 Å². The third kappa shape index (κ3) is 66.6. The van der Waals surface area contributed by atoms with Crippen molar-refractivity contribution in [3.05, 3.63) is 24.3 Å². The highest BCUT2D eigenvalue weighted by molar-refractivity contribution is 7.47. The molecule has 0 aromatic rings. The van der Waals surface area contributed by atoms with Gasteiger partial charge in [-0.25, -0.2) is 9.13 Å². The van der Waals surface area contributed by atoms with Gasteiger partial charge in [0.2, 0.25) is 0 Å². The number of carbonyl (C=O) groups excluding carboxylic acids is 4.